The number of carbonyl (C=O) groups excluding carboxylic acids is 1. The predicted octanol–water partition coefficient (Wildman–Crippen LogP) is 0.424. The minimum atomic E-state index is -0.415. The molecule has 0 saturated heterocycles. The zero-order valence-corrected chi connectivity index (χ0v) is 10.8. The first-order chi connectivity index (χ1) is 8.13. The van der Waals surface area contributed by atoms with Crippen LogP contribution in [0.5, 0.6) is 0 Å². The van der Waals surface area contributed by atoms with Crippen LogP contribution in [0.2, 0.25) is 0 Å². The third kappa shape index (κ3) is 5.48. The normalized spacial score (nSPS) is 26.5. The lowest BCUT2D eigenvalue weighted by molar-refractivity contribution is -0.136. The van der Waals surface area contributed by atoms with Gasteiger partial charge in [0, 0.05) is 19.7 Å². The standard InChI is InChI=1S/C12H24N2O3/c1-9(12(15)14-6-7-16-2)17-11-5-3-4-10(13)8-11/h9-11H,3-8,13H2,1-2H3,(H,14,15). The van der Waals surface area contributed by atoms with Crippen molar-refractivity contribution < 1.29 is 14.3 Å². The van der Waals surface area contributed by atoms with Gasteiger partial charge in [0.25, 0.3) is 0 Å². The molecule has 5 nitrogen and oxygen atoms in total. The van der Waals surface area contributed by atoms with E-state index in [0.29, 0.717) is 13.2 Å². The molecule has 0 aliphatic heterocycles. The maximum atomic E-state index is 11.7. The van der Waals surface area contributed by atoms with Gasteiger partial charge in [-0.15, -0.1) is 0 Å². The van der Waals surface area contributed by atoms with Gasteiger partial charge in [0.05, 0.1) is 12.7 Å². The molecule has 3 N–H and O–H groups in total. The Balaban J connectivity index is 2.22. The summed E-state index contributed by atoms with van der Waals surface area (Å²) >= 11 is 0. The number of nitrogens with two attached hydrogens (primary N) is 1. The molecular weight excluding hydrogens is 220 g/mol. The lowest BCUT2D eigenvalue weighted by atomic mass is 9.93. The van der Waals surface area contributed by atoms with E-state index in [0.717, 1.165) is 25.7 Å². The fraction of sp³-hybridized carbons (Fsp3) is 0.917. The molecule has 1 amide bonds. The van der Waals surface area contributed by atoms with E-state index in [-0.39, 0.29) is 18.1 Å². The van der Waals surface area contributed by atoms with Crippen LogP contribution in [0.3, 0.4) is 0 Å². The number of amides is 1. The van der Waals surface area contributed by atoms with Gasteiger partial charge in [0.1, 0.15) is 6.10 Å². The Hall–Kier alpha value is -0.650. The Bertz CT molecular complexity index is 236. The van der Waals surface area contributed by atoms with Gasteiger partial charge in [-0.05, 0) is 32.6 Å². The number of nitrogens with one attached hydrogen (secondary N) is 1. The number of ether oxygens (including phenoxy) is 2. The van der Waals surface area contributed by atoms with E-state index in [1.54, 1.807) is 14.0 Å². The number of hydrogen-bond donors (Lipinski definition) is 2. The van der Waals surface area contributed by atoms with E-state index < -0.39 is 6.10 Å². The summed E-state index contributed by atoms with van der Waals surface area (Å²) in [5, 5.41) is 2.76. The summed E-state index contributed by atoms with van der Waals surface area (Å²) in [6.07, 6.45) is 3.72. The van der Waals surface area contributed by atoms with Crippen molar-refractivity contribution in [2.45, 2.75) is 50.9 Å². The highest BCUT2D eigenvalue weighted by Crippen LogP contribution is 2.20. The predicted molar refractivity (Wildman–Crippen MR) is 65.7 cm³/mol. The molecule has 0 spiro atoms. The largest absolute Gasteiger partial charge is 0.383 e. The Morgan fingerprint density at radius 1 is 1.53 bits per heavy atom. The van der Waals surface area contributed by atoms with Gasteiger partial charge >= 0.3 is 0 Å². The number of carbonyl (C=O) groups is 1. The Morgan fingerprint density at radius 3 is 2.94 bits per heavy atom. The molecular formula is C12H24N2O3. The van der Waals surface area contributed by atoms with Gasteiger partial charge in [-0.3, -0.25) is 4.79 Å². The Morgan fingerprint density at radius 2 is 2.29 bits per heavy atom. The van der Waals surface area contributed by atoms with Gasteiger partial charge in [-0.25, -0.2) is 0 Å². The first-order valence-corrected chi connectivity index (χ1v) is 6.31. The second kappa shape index (κ2) is 7.63. The van der Waals surface area contributed by atoms with Gasteiger partial charge in [0.15, 0.2) is 0 Å². The van der Waals surface area contributed by atoms with Crippen LogP contribution in [0.25, 0.3) is 0 Å². The molecule has 5 heteroatoms. The van der Waals surface area contributed by atoms with Crippen LogP contribution in [-0.2, 0) is 14.3 Å². The van der Waals surface area contributed by atoms with Crippen LogP contribution in [0.15, 0.2) is 0 Å². The Labute approximate surface area is 103 Å². The van der Waals surface area contributed by atoms with Gasteiger partial charge < -0.3 is 20.5 Å². The average molecular weight is 244 g/mol. The van der Waals surface area contributed by atoms with Gasteiger partial charge in [-0.1, -0.05) is 0 Å². The summed E-state index contributed by atoms with van der Waals surface area (Å²) in [4.78, 5) is 11.7. The van der Waals surface area contributed by atoms with Crippen molar-refractivity contribution in [2.24, 2.45) is 5.73 Å². The van der Waals surface area contributed by atoms with Crippen molar-refractivity contribution in [3.05, 3.63) is 0 Å². The lowest BCUT2D eigenvalue weighted by Crippen LogP contribution is -2.40. The molecule has 0 bridgehead atoms. The SMILES string of the molecule is COCCNC(=O)C(C)OC1CCCC(N)C1. The number of rotatable bonds is 6. The molecule has 1 saturated carbocycles. The van der Waals surface area contributed by atoms with Gasteiger partial charge in [-0.2, -0.15) is 0 Å². The topological polar surface area (TPSA) is 73.6 Å². The van der Waals surface area contributed by atoms with Crippen molar-refractivity contribution in [2.75, 3.05) is 20.3 Å². The molecule has 0 aromatic carbocycles. The molecule has 1 aliphatic rings. The van der Waals surface area contributed by atoms with E-state index in [9.17, 15) is 4.79 Å². The van der Waals surface area contributed by atoms with Crippen molar-refractivity contribution in [3.63, 3.8) is 0 Å². The van der Waals surface area contributed by atoms with Crippen LogP contribution in [0.4, 0.5) is 0 Å². The van der Waals surface area contributed by atoms with Crippen molar-refractivity contribution in [1.29, 1.82) is 0 Å². The van der Waals surface area contributed by atoms with Crippen molar-refractivity contribution in [1.82, 2.24) is 5.32 Å². The van der Waals surface area contributed by atoms with Crippen LogP contribution < -0.4 is 11.1 Å². The molecule has 100 valence electrons. The van der Waals surface area contributed by atoms with E-state index in [1.165, 1.54) is 0 Å². The third-order valence-electron chi connectivity index (χ3n) is 3.04. The first-order valence-electron chi connectivity index (χ1n) is 6.31. The fourth-order valence-electron chi connectivity index (χ4n) is 2.08. The summed E-state index contributed by atoms with van der Waals surface area (Å²) in [5.41, 5.74) is 5.88. The minimum absolute atomic E-state index is 0.0822. The molecule has 0 aromatic rings. The zero-order valence-electron chi connectivity index (χ0n) is 10.8. The molecule has 3 atom stereocenters. The molecule has 3 unspecified atom stereocenters. The van der Waals surface area contributed by atoms with Crippen LogP contribution >= 0.6 is 0 Å². The molecule has 1 aliphatic carbocycles. The highest BCUT2D eigenvalue weighted by atomic mass is 16.5. The second-order valence-electron chi connectivity index (χ2n) is 4.61. The molecule has 0 aromatic heterocycles. The first kappa shape index (κ1) is 14.4. The molecule has 1 rings (SSSR count). The second-order valence-corrected chi connectivity index (χ2v) is 4.61. The quantitative estimate of drug-likeness (QED) is 0.664. The average Bonchev–Trinajstić information content (AvgIpc) is 2.29. The molecule has 17 heavy (non-hydrogen) atoms. The molecule has 0 radical (unpaired) electrons. The third-order valence-corrected chi connectivity index (χ3v) is 3.04. The zero-order chi connectivity index (χ0) is 12.7. The van der Waals surface area contributed by atoms with Crippen molar-refractivity contribution >= 4 is 5.91 Å². The summed E-state index contributed by atoms with van der Waals surface area (Å²) in [6, 6.07) is 0.220. The van der Waals surface area contributed by atoms with E-state index in [4.69, 9.17) is 15.2 Å². The number of hydrogen-bond acceptors (Lipinski definition) is 4. The molecule has 0 heterocycles. The summed E-state index contributed by atoms with van der Waals surface area (Å²) in [6.45, 7) is 2.82. The van der Waals surface area contributed by atoms with Crippen molar-refractivity contribution in [3.8, 4) is 0 Å². The summed E-state index contributed by atoms with van der Waals surface area (Å²) < 4.78 is 10.6. The lowest BCUT2D eigenvalue weighted by Gasteiger charge is -2.28. The minimum Gasteiger partial charge on any atom is -0.383 e. The van der Waals surface area contributed by atoms with Crippen LogP contribution in [0.1, 0.15) is 32.6 Å². The highest BCUT2D eigenvalue weighted by molar-refractivity contribution is 5.80. The highest BCUT2D eigenvalue weighted by Gasteiger charge is 2.24. The van der Waals surface area contributed by atoms with Crippen LogP contribution in [0, 0.1) is 0 Å². The van der Waals surface area contributed by atoms with E-state index in [2.05, 4.69) is 5.32 Å². The summed E-state index contributed by atoms with van der Waals surface area (Å²) in [7, 11) is 1.61. The maximum Gasteiger partial charge on any atom is 0.248 e. The molecule has 1 fully saturated rings. The van der Waals surface area contributed by atoms with E-state index in [1.807, 2.05) is 0 Å². The fourth-order valence-corrected chi connectivity index (χ4v) is 2.08. The smallest absolute Gasteiger partial charge is 0.248 e. The van der Waals surface area contributed by atoms with Gasteiger partial charge in [0.2, 0.25) is 5.91 Å². The maximum absolute atomic E-state index is 11.7. The van der Waals surface area contributed by atoms with Crippen LogP contribution in [-0.4, -0.2) is 44.4 Å². The van der Waals surface area contributed by atoms with E-state index >= 15 is 0 Å². The summed E-state index contributed by atoms with van der Waals surface area (Å²) in [5.74, 6) is -0.0822. The Kier molecular flexibility index (Phi) is 6.47. The number of methoxy groups -OCH3 is 1. The monoisotopic (exact) mass is 244 g/mol.